The summed E-state index contributed by atoms with van der Waals surface area (Å²) in [6, 6.07) is 0. The summed E-state index contributed by atoms with van der Waals surface area (Å²) in [5.41, 5.74) is -0.628. The quantitative estimate of drug-likeness (QED) is 0.353. The third kappa shape index (κ3) is 5.84. The molecule has 0 bridgehead atoms. The molecule has 0 rings (SSSR count). The van der Waals surface area contributed by atoms with Crippen molar-refractivity contribution in [2.75, 3.05) is 13.2 Å². The van der Waals surface area contributed by atoms with Crippen molar-refractivity contribution in [2.24, 2.45) is 5.41 Å². The zero-order chi connectivity index (χ0) is 17.6. The van der Waals surface area contributed by atoms with E-state index in [2.05, 4.69) is 4.74 Å². The molecule has 10 heteroatoms. The van der Waals surface area contributed by atoms with E-state index < -0.39 is 39.3 Å². The Hall–Kier alpha value is -1.29. The lowest BCUT2D eigenvalue weighted by molar-refractivity contribution is -0.162. The molecule has 22 heavy (non-hydrogen) atoms. The first-order chi connectivity index (χ1) is 9.86. The summed E-state index contributed by atoms with van der Waals surface area (Å²) < 4.78 is 64.9. The normalized spacial score (nSPS) is 12.8. The van der Waals surface area contributed by atoms with E-state index in [-0.39, 0.29) is 19.4 Å². The second-order valence-electron chi connectivity index (χ2n) is 5.19. The molecular formula is C12H19F2O7S-. The van der Waals surface area contributed by atoms with Crippen molar-refractivity contribution in [3.63, 3.8) is 0 Å². The molecule has 0 saturated heterocycles. The number of rotatable bonds is 9. The molecule has 0 aromatic carbocycles. The molecule has 0 spiro atoms. The molecule has 0 aromatic rings. The zero-order valence-corrected chi connectivity index (χ0v) is 13.4. The van der Waals surface area contributed by atoms with E-state index in [0.717, 1.165) is 0 Å². The van der Waals surface area contributed by atoms with Gasteiger partial charge in [-0.15, -0.1) is 0 Å². The summed E-state index contributed by atoms with van der Waals surface area (Å²) in [6.45, 7) is 4.74. The maximum Gasteiger partial charge on any atom is 0.428 e. The van der Waals surface area contributed by atoms with E-state index in [9.17, 15) is 31.3 Å². The van der Waals surface area contributed by atoms with Crippen LogP contribution in [0.25, 0.3) is 0 Å². The van der Waals surface area contributed by atoms with Crippen molar-refractivity contribution < 1.29 is 40.8 Å². The van der Waals surface area contributed by atoms with E-state index in [1.807, 2.05) is 6.92 Å². The van der Waals surface area contributed by atoms with Crippen molar-refractivity contribution in [2.45, 2.75) is 45.3 Å². The van der Waals surface area contributed by atoms with Gasteiger partial charge in [-0.05, 0) is 33.1 Å². The van der Waals surface area contributed by atoms with E-state index in [1.54, 1.807) is 13.8 Å². The number of unbranched alkanes of at least 4 members (excludes halogenated alkanes) is 1. The zero-order valence-electron chi connectivity index (χ0n) is 12.6. The standard InChI is InChI=1S/C12H20F2O7S/c1-4-11(2,3)9(15)20-7-5-6-8-21-10(16)12(13,14)22(17,18)19/h4-8H2,1-3H3,(H,17,18,19)/p-1. The molecule has 0 unspecified atom stereocenters. The molecule has 0 N–H and O–H groups in total. The third-order valence-electron chi connectivity index (χ3n) is 2.99. The summed E-state index contributed by atoms with van der Waals surface area (Å²) in [4.78, 5) is 22.4. The monoisotopic (exact) mass is 345 g/mol. The number of carbonyl (C=O) groups is 2. The minimum Gasteiger partial charge on any atom is -0.743 e. The summed E-state index contributed by atoms with van der Waals surface area (Å²) in [5.74, 6) is -2.82. The van der Waals surface area contributed by atoms with Crippen LogP contribution in [0.3, 0.4) is 0 Å². The van der Waals surface area contributed by atoms with E-state index in [0.29, 0.717) is 6.42 Å². The van der Waals surface area contributed by atoms with Crippen molar-refractivity contribution in [1.82, 2.24) is 0 Å². The summed E-state index contributed by atoms with van der Waals surface area (Å²) in [7, 11) is -6.11. The molecule has 0 atom stereocenters. The molecule has 0 amide bonds. The Morgan fingerprint density at radius 3 is 1.82 bits per heavy atom. The van der Waals surface area contributed by atoms with Gasteiger partial charge in [0.25, 0.3) is 0 Å². The maximum atomic E-state index is 12.7. The van der Waals surface area contributed by atoms with Gasteiger partial charge in [0.05, 0.1) is 18.6 Å². The van der Waals surface area contributed by atoms with Crippen LogP contribution in [0.1, 0.15) is 40.0 Å². The smallest absolute Gasteiger partial charge is 0.428 e. The van der Waals surface area contributed by atoms with Gasteiger partial charge in [-0.3, -0.25) is 4.79 Å². The minimum absolute atomic E-state index is 0.00998. The highest BCUT2D eigenvalue weighted by atomic mass is 32.2. The van der Waals surface area contributed by atoms with Crippen molar-refractivity contribution in [1.29, 1.82) is 0 Å². The van der Waals surface area contributed by atoms with E-state index in [4.69, 9.17) is 4.74 Å². The average molecular weight is 345 g/mol. The van der Waals surface area contributed by atoms with Crippen LogP contribution in [0.2, 0.25) is 0 Å². The van der Waals surface area contributed by atoms with Crippen LogP contribution in [0.5, 0.6) is 0 Å². The number of hydrogen-bond acceptors (Lipinski definition) is 7. The summed E-state index contributed by atoms with van der Waals surface area (Å²) >= 11 is 0. The van der Waals surface area contributed by atoms with Crippen LogP contribution in [0.4, 0.5) is 8.78 Å². The van der Waals surface area contributed by atoms with Gasteiger partial charge in [0.1, 0.15) is 0 Å². The predicted molar refractivity (Wildman–Crippen MR) is 69.9 cm³/mol. The SMILES string of the molecule is CCC(C)(C)C(=O)OCCCCOC(=O)C(F)(F)S(=O)(=O)[O-]. The Morgan fingerprint density at radius 1 is 1.05 bits per heavy atom. The van der Waals surface area contributed by atoms with Crippen LogP contribution in [0, 0.1) is 5.41 Å². The molecular weight excluding hydrogens is 326 g/mol. The third-order valence-corrected chi connectivity index (χ3v) is 3.79. The highest BCUT2D eigenvalue weighted by Gasteiger charge is 2.48. The van der Waals surface area contributed by atoms with Crippen LogP contribution in [0.15, 0.2) is 0 Å². The number of alkyl halides is 2. The Kier molecular flexibility index (Phi) is 7.36. The van der Waals surface area contributed by atoms with Crippen LogP contribution >= 0.6 is 0 Å². The van der Waals surface area contributed by atoms with Gasteiger partial charge in [-0.2, -0.15) is 8.78 Å². The van der Waals surface area contributed by atoms with Crippen molar-refractivity contribution >= 4 is 22.1 Å². The molecule has 0 aliphatic carbocycles. The molecule has 7 nitrogen and oxygen atoms in total. The lowest BCUT2D eigenvalue weighted by Gasteiger charge is -2.20. The minimum atomic E-state index is -6.11. The van der Waals surface area contributed by atoms with Gasteiger partial charge < -0.3 is 14.0 Å². The lowest BCUT2D eigenvalue weighted by atomic mass is 9.91. The number of halogens is 2. The molecule has 0 heterocycles. The molecule has 0 aliphatic rings. The number of esters is 2. The number of hydrogen-bond donors (Lipinski definition) is 0. The van der Waals surface area contributed by atoms with Crippen molar-refractivity contribution in [3.8, 4) is 0 Å². The number of carbonyl (C=O) groups excluding carboxylic acids is 2. The Bertz CT molecular complexity index is 500. The molecule has 0 radical (unpaired) electrons. The Balaban J connectivity index is 4.02. The fourth-order valence-electron chi connectivity index (χ4n) is 1.06. The van der Waals surface area contributed by atoms with Gasteiger partial charge in [0.2, 0.25) is 0 Å². The second-order valence-corrected chi connectivity index (χ2v) is 6.61. The summed E-state index contributed by atoms with van der Waals surface area (Å²) in [5, 5.41) is -5.11. The van der Waals surface area contributed by atoms with Crippen LogP contribution in [-0.2, 0) is 29.2 Å². The van der Waals surface area contributed by atoms with Crippen LogP contribution < -0.4 is 0 Å². The van der Waals surface area contributed by atoms with E-state index >= 15 is 0 Å². The lowest BCUT2D eigenvalue weighted by Crippen LogP contribution is -2.39. The molecule has 0 aromatic heterocycles. The number of ether oxygens (including phenoxy) is 2. The Labute approximate surface area is 127 Å². The fourth-order valence-corrected chi connectivity index (χ4v) is 1.32. The summed E-state index contributed by atoms with van der Waals surface area (Å²) in [6.07, 6.45) is 0.886. The fraction of sp³-hybridized carbons (Fsp3) is 0.833. The van der Waals surface area contributed by atoms with Crippen molar-refractivity contribution in [3.05, 3.63) is 0 Å². The van der Waals surface area contributed by atoms with Gasteiger partial charge >= 0.3 is 17.2 Å². The van der Waals surface area contributed by atoms with Gasteiger partial charge in [-0.1, -0.05) is 6.92 Å². The molecule has 0 aliphatic heterocycles. The van der Waals surface area contributed by atoms with Gasteiger partial charge in [0, 0.05) is 0 Å². The van der Waals surface area contributed by atoms with Crippen LogP contribution in [-0.4, -0.2) is 43.4 Å². The first-order valence-electron chi connectivity index (χ1n) is 6.54. The molecule has 0 fully saturated rings. The highest BCUT2D eigenvalue weighted by molar-refractivity contribution is 7.87. The average Bonchev–Trinajstić information content (AvgIpc) is 2.40. The van der Waals surface area contributed by atoms with E-state index in [1.165, 1.54) is 0 Å². The largest absolute Gasteiger partial charge is 0.743 e. The second kappa shape index (κ2) is 7.82. The topological polar surface area (TPSA) is 110 Å². The predicted octanol–water partition coefficient (Wildman–Crippen LogP) is 1.43. The van der Waals surface area contributed by atoms with Gasteiger partial charge in [0.15, 0.2) is 10.1 Å². The maximum absolute atomic E-state index is 12.7. The highest BCUT2D eigenvalue weighted by Crippen LogP contribution is 2.22. The first-order valence-corrected chi connectivity index (χ1v) is 7.94. The first kappa shape index (κ1) is 20.7. The Morgan fingerprint density at radius 2 is 1.45 bits per heavy atom. The molecule has 0 saturated carbocycles. The van der Waals surface area contributed by atoms with Gasteiger partial charge in [-0.25, -0.2) is 13.2 Å². The molecule has 130 valence electrons.